The van der Waals surface area contributed by atoms with Crippen molar-refractivity contribution in [3.8, 4) is 0 Å². The number of para-hydroxylation sites is 1. The first kappa shape index (κ1) is 18.8. The van der Waals surface area contributed by atoms with Crippen LogP contribution in [0.4, 0.5) is 0 Å². The van der Waals surface area contributed by atoms with E-state index in [1.54, 1.807) is 34.1 Å². The minimum Gasteiger partial charge on any atom is -0.338 e. The van der Waals surface area contributed by atoms with Gasteiger partial charge in [0.05, 0.1) is 5.02 Å². The van der Waals surface area contributed by atoms with Gasteiger partial charge in [0.1, 0.15) is 5.69 Å². The molecule has 0 N–H and O–H groups in total. The summed E-state index contributed by atoms with van der Waals surface area (Å²) in [5.74, 6) is -0.159. The summed E-state index contributed by atoms with van der Waals surface area (Å²) in [5, 5.41) is 1.94. The van der Waals surface area contributed by atoms with Gasteiger partial charge in [-0.3, -0.25) is 9.59 Å². The summed E-state index contributed by atoms with van der Waals surface area (Å²) < 4.78 is 1.84. The van der Waals surface area contributed by atoms with Crippen LogP contribution in [0, 0.1) is 0 Å². The first-order chi connectivity index (χ1) is 13.5. The molecular weight excluding hydrogens is 397 g/mol. The fraction of sp³-hybridized carbons (Fsp3) is 0.238. The molecule has 4 rings (SSSR count). The SMILES string of the molecule is Cn1c(C(=O)N2CCN(C(=O)c3ccc(Cl)cc3)CC2)c(Cl)c2ccccc21. The summed E-state index contributed by atoms with van der Waals surface area (Å²) in [6.07, 6.45) is 0. The molecule has 0 saturated carbocycles. The summed E-state index contributed by atoms with van der Waals surface area (Å²) in [6, 6.07) is 14.5. The maximum atomic E-state index is 13.1. The van der Waals surface area contributed by atoms with E-state index < -0.39 is 0 Å². The van der Waals surface area contributed by atoms with Crippen LogP contribution < -0.4 is 0 Å². The molecule has 2 amide bonds. The van der Waals surface area contributed by atoms with Gasteiger partial charge < -0.3 is 14.4 Å². The topological polar surface area (TPSA) is 45.6 Å². The number of aromatic nitrogens is 1. The largest absolute Gasteiger partial charge is 0.338 e. The second-order valence-corrected chi connectivity index (χ2v) is 7.64. The van der Waals surface area contributed by atoms with E-state index in [4.69, 9.17) is 23.2 Å². The summed E-state index contributed by atoms with van der Waals surface area (Å²) in [6.45, 7) is 1.90. The van der Waals surface area contributed by atoms with Crippen molar-refractivity contribution >= 4 is 45.9 Å². The van der Waals surface area contributed by atoms with Gasteiger partial charge in [-0.2, -0.15) is 0 Å². The standard InChI is InChI=1S/C21H19Cl2N3O2/c1-24-17-5-3-2-4-16(17)18(23)19(24)21(28)26-12-10-25(11-13-26)20(27)14-6-8-15(22)9-7-14/h2-9H,10-13H2,1H3. The average Bonchev–Trinajstić information content (AvgIpc) is 2.98. The van der Waals surface area contributed by atoms with E-state index in [9.17, 15) is 9.59 Å². The molecule has 0 atom stereocenters. The van der Waals surface area contributed by atoms with Crippen molar-refractivity contribution in [2.45, 2.75) is 0 Å². The zero-order valence-corrected chi connectivity index (χ0v) is 16.9. The lowest BCUT2D eigenvalue weighted by molar-refractivity contribution is 0.0530. The molecule has 7 heteroatoms. The van der Waals surface area contributed by atoms with Gasteiger partial charge in [-0.15, -0.1) is 0 Å². The Kier molecular flexibility index (Phi) is 5.04. The third-order valence-electron chi connectivity index (χ3n) is 5.19. The number of carbonyl (C=O) groups excluding carboxylic acids is 2. The maximum Gasteiger partial charge on any atom is 0.272 e. The molecule has 1 fully saturated rings. The van der Waals surface area contributed by atoms with Crippen molar-refractivity contribution in [2.75, 3.05) is 26.2 Å². The van der Waals surface area contributed by atoms with E-state index in [2.05, 4.69) is 0 Å². The van der Waals surface area contributed by atoms with E-state index in [1.807, 2.05) is 35.9 Å². The van der Waals surface area contributed by atoms with Crippen LogP contribution in [0.3, 0.4) is 0 Å². The Hall–Kier alpha value is -2.50. The molecular formula is C21H19Cl2N3O2. The number of hydrogen-bond acceptors (Lipinski definition) is 2. The summed E-state index contributed by atoms with van der Waals surface area (Å²) in [4.78, 5) is 29.3. The zero-order chi connectivity index (χ0) is 19.8. The van der Waals surface area contributed by atoms with Gasteiger partial charge in [0.25, 0.3) is 11.8 Å². The normalized spacial score (nSPS) is 14.5. The number of piperazine rings is 1. The highest BCUT2D eigenvalue weighted by molar-refractivity contribution is 6.38. The summed E-state index contributed by atoms with van der Waals surface area (Å²) in [5.41, 5.74) is 2.01. The monoisotopic (exact) mass is 415 g/mol. The van der Waals surface area contributed by atoms with E-state index in [-0.39, 0.29) is 11.8 Å². The van der Waals surface area contributed by atoms with Crippen LogP contribution in [0.1, 0.15) is 20.8 Å². The number of carbonyl (C=O) groups is 2. The smallest absolute Gasteiger partial charge is 0.272 e. The summed E-state index contributed by atoms with van der Waals surface area (Å²) in [7, 11) is 1.85. The quantitative estimate of drug-likeness (QED) is 0.632. The van der Waals surface area contributed by atoms with Crippen LogP contribution in [0.5, 0.6) is 0 Å². The fourth-order valence-electron chi connectivity index (χ4n) is 3.62. The minimum absolute atomic E-state index is 0.0496. The molecule has 0 radical (unpaired) electrons. The molecule has 5 nitrogen and oxygen atoms in total. The van der Waals surface area contributed by atoms with Gasteiger partial charge in [0.2, 0.25) is 0 Å². The number of amides is 2. The number of aryl methyl sites for hydroxylation is 1. The molecule has 2 heterocycles. The van der Waals surface area contributed by atoms with Crippen molar-refractivity contribution in [3.05, 3.63) is 69.8 Å². The number of nitrogens with zero attached hydrogens (tertiary/aromatic N) is 3. The second kappa shape index (κ2) is 7.49. The number of halogens is 2. The molecule has 28 heavy (non-hydrogen) atoms. The Balaban J connectivity index is 1.49. The molecule has 0 unspecified atom stereocenters. The molecule has 1 saturated heterocycles. The Bertz CT molecular complexity index is 1010. The van der Waals surface area contributed by atoms with Gasteiger partial charge in [-0.05, 0) is 30.3 Å². The predicted molar refractivity (Wildman–Crippen MR) is 111 cm³/mol. The van der Waals surface area contributed by atoms with Crippen LogP contribution in [-0.4, -0.2) is 52.4 Å². The van der Waals surface area contributed by atoms with Gasteiger partial charge in [0, 0.05) is 54.7 Å². The van der Waals surface area contributed by atoms with E-state index in [0.717, 1.165) is 10.9 Å². The second-order valence-electron chi connectivity index (χ2n) is 6.83. The van der Waals surface area contributed by atoms with E-state index in [0.29, 0.717) is 47.5 Å². The van der Waals surface area contributed by atoms with E-state index in [1.165, 1.54) is 0 Å². The molecule has 2 aromatic carbocycles. The molecule has 1 aliphatic rings. The van der Waals surface area contributed by atoms with Gasteiger partial charge in [-0.1, -0.05) is 41.4 Å². The van der Waals surface area contributed by atoms with Crippen molar-refractivity contribution in [1.29, 1.82) is 0 Å². The molecule has 3 aromatic rings. The van der Waals surface area contributed by atoms with Crippen molar-refractivity contribution in [3.63, 3.8) is 0 Å². The number of fused-ring (bicyclic) bond motifs is 1. The lowest BCUT2D eigenvalue weighted by atomic mass is 10.1. The van der Waals surface area contributed by atoms with E-state index >= 15 is 0 Å². The van der Waals surface area contributed by atoms with Crippen LogP contribution >= 0.6 is 23.2 Å². The molecule has 144 valence electrons. The lowest BCUT2D eigenvalue weighted by Crippen LogP contribution is -2.50. The highest BCUT2D eigenvalue weighted by atomic mass is 35.5. The minimum atomic E-state index is -0.109. The number of hydrogen-bond donors (Lipinski definition) is 0. The van der Waals surface area contributed by atoms with Crippen molar-refractivity contribution < 1.29 is 9.59 Å². The Morgan fingerprint density at radius 1 is 0.821 bits per heavy atom. The first-order valence-corrected chi connectivity index (χ1v) is 9.80. The average molecular weight is 416 g/mol. The molecule has 1 aliphatic heterocycles. The molecule has 0 bridgehead atoms. The fourth-order valence-corrected chi connectivity index (χ4v) is 4.12. The van der Waals surface area contributed by atoms with Crippen LogP contribution in [0.25, 0.3) is 10.9 Å². The van der Waals surface area contributed by atoms with Crippen molar-refractivity contribution in [2.24, 2.45) is 7.05 Å². The molecule has 0 spiro atoms. The lowest BCUT2D eigenvalue weighted by Gasteiger charge is -2.35. The maximum absolute atomic E-state index is 13.1. The van der Waals surface area contributed by atoms with Gasteiger partial charge >= 0.3 is 0 Å². The van der Waals surface area contributed by atoms with Gasteiger partial charge in [-0.25, -0.2) is 0 Å². The Morgan fingerprint density at radius 3 is 2.00 bits per heavy atom. The Morgan fingerprint density at radius 2 is 1.39 bits per heavy atom. The third-order valence-corrected chi connectivity index (χ3v) is 5.83. The summed E-state index contributed by atoms with van der Waals surface area (Å²) >= 11 is 12.4. The predicted octanol–water partition coefficient (Wildman–Crippen LogP) is 4.08. The molecule has 1 aromatic heterocycles. The molecule has 0 aliphatic carbocycles. The number of rotatable bonds is 2. The van der Waals surface area contributed by atoms with Crippen LogP contribution in [-0.2, 0) is 7.05 Å². The van der Waals surface area contributed by atoms with Crippen LogP contribution in [0.15, 0.2) is 48.5 Å². The van der Waals surface area contributed by atoms with Crippen LogP contribution in [0.2, 0.25) is 10.0 Å². The van der Waals surface area contributed by atoms with Gasteiger partial charge in [0.15, 0.2) is 0 Å². The highest BCUT2D eigenvalue weighted by Gasteiger charge is 2.29. The highest BCUT2D eigenvalue weighted by Crippen LogP contribution is 2.30. The first-order valence-electron chi connectivity index (χ1n) is 9.04. The third kappa shape index (κ3) is 3.25. The number of benzene rings is 2. The Labute approximate surface area is 173 Å². The van der Waals surface area contributed by atoms with Crippen molar-refractivity contribution in [1.82, 2.24) is 14.4 Å². The zero-order valence-electron chi connectivity index (χ0n) is 15.4.